The largest absolute Gasteiger partial charge is 0.497 e. The van der Waals surface area contributed by atoms with Gasteiger partial charge < -0.3 is 14.6 Å². The Bertz CT molecular complexity index is 902. The van der Waals surface area contributed by atoms with Gasteiger partial charge in [0.15, 0.2) is 5.58 Å². The lowest BCUT2D eigenvalue weighted by atomic mass is 10.1. The van der Waals surface area contributed by atoms with E-state index in [1.807, 2.05) is 48.5 Å². The van der Waals surface area contributed by atoms with Crippen molar-refractivity contribution in [3.8, 4) is 17.6 Å². The van der Waals surface area contributed by atoms with Gasteiger partial charge in [0.25, 0.3) is 0 Å². The molecule has 0 spiro atoms. The first-order valence-electron chi connectivity index (χ1n) is 7.49. The lowest BCUT2D eigenvalue weighted by Gasteiger charge is -1.99. The molecule has 1 aromatic heterocycles. The molecule has 1 N–H and O–H groups in total. The summed E-state index contributed by atoms with van der Waals surface area (Å²) in [5.41, 5.74) is 2.18. The van der Waals surface area contributed by atoms with E-state index in [-0.39, 0.29) is 18.9 Å². The van der Waals surface area contributed by atoms with E-state index in [2.05, 4.69) is 22.3 Å². The number of rotatable bonds is 4. The molecule has 2 aromatic carbocycles. The number of nitrogens with zero attached hydrogens (tertiary/aromatic N) is 1. The zero-order valence-electron chi connectivity index (χ0n) is 13.2. The summed E-state index contributed by atoms with van der Waals surface area (Å²) in [5, 5.41) is 7.56. The number of carbonyl (C=O) groups is 1. The van der Waals surface area contributed by atoms with Crippen LogP contribution in [0.1, 0.15) is 11.3 Å². The summed E-state index contributed by atoms with van der Waals surface area (Å²) in [6.07, 6.45) is 0.168. The van der Waals surface area contributed by atoms with Crippen molar-refractivity contribution in [3.63, 3.8) is 0 Å². The van der Waals surface area contributed by atoms with Crippen LogP contribution < -0.4 is 10.1 Å². The Kier molecular flexibility index (Phi) is 4.78. The summed E-state index contributed by atoms with van der Waals surface area (Å²) in [5.74, 6) is 6.55. The molecular formula is C19H16N2O3. The van der Waals surface area contributed by atoms with E-state index >= 15 is 0 Å². The van der Waals surface area contributed by atoms with Crippen LogP contribution in [0.25, 0.3) is 11.0 Å². The van der Waals surface area contributed by atoms with Crippen LogP contribution in [0.15, 0.2) is 53.1 Å². The van der Waals surface area contributed by atoms with E-state index < -0.39 is 0 Å². The average molecular weight is 320 g/mol. The molecule has 0 bridgehead atoms. The van der Waals surface area contributed by atoms with E-state index in [0.29, 0.717) is 11.3 Å². The number of methoxy groups -OCH3 is 1. The van der Waals surface area contributed by atoms with E-state index in [4.69, 9.17) is 9.26 Å². The van der Waals surface area contributed by atoms with E-state index in [0.717, 1.165) is 16.7 Å². The maximum Gasteiger partial charge on any atom is 0.226 e. The first-order valence-corrected chi connectivity index (χ1v) is 7.49. The first kappa shape index (κ1) is 15.6. The first-order chi connectivity index (χ1) is 11.8. The lowest BCUT2D eigenvalue weighted by molar-refractivity contribution is -0.120. The summed E-state index contributed by atoms with van der Waals surface area (Å²) < 4.78 is 10.3. The van der Waals surface area contributed by atoms with Gasteiger partial charge in [0, 0.05) is 10.9 Å². The fourth-order valence-corrected chi connectivity index (χ4v) is 2.24. The van der Waals surface area contributed by atoms with Crippen LogP contribution in [-0.4, -0.2) is 24.7 Å². The van der Waals surface area contributed by atoms with Crippen LogP contribution in [0.5, 0.6) is 5.75 Å². The Hall–Kier alpha value is -3.26. The van der Waals surface area contributed by atoms with Gasteiger partial charge in [-0.2, -0.15) is 0 Å². The molecular weight excluding hydrogens is 304 g/mol. The van der Waals surface area contributed by atoms with Gasteiger partial charge in [-0.05, 0) is 36.4 Å². The molecule has 0 unspecified atom stereocenters. The minimum atomic E-state index is -0.141. The molecule has 120 valence electrons. The summed E-state index contributed by atoms with van der Waals surface area (Å²) in [6, 6.07) is 14.9. The average Bonchev–Trinajstić information content (AvgIpc) is 3.02. The second-order valence-corrected chi connectivity index (χ2v) is 5.11. The van der Waals surface area contributed by atoms with Crippen molar-refractivity contribution >= 4 is 16.9 Å². The molecule has 0 saturated carbocycles. The van der Waals surface area contributed by atoms with Crippen LogP contribution >= 0.6 is 0 Å². The zero-order valence-corrected chi connectivity index (χ0v) is 13.2. The van der Waals surface area contributed by atoms with Gasteiger partial charge in [0.1, 0.15) is 11.4 Å². The van der Waals surface area contributed by atoms with Crippen LogP contribution in [-0.2, 0) is 11.2 Å². The molecule has 0 fully saturated rings. The van der Waals surface area contributed by atoms with Crippen molar-refractivity contribution in [3.05, 3.63) is 59.8 Å². The van der Waals surface area contributed by atoms with Crippen molar-refractivity contribution < 1.29 is 14.1 Å². The van der Waals surface area contributed by atoms with Crippen LogP contribution in [0.4, 0.5) is 0 Å². The maximum absolute atomic E-state index is 12.0. The second kappa shape index (κ2) is 7.34. The van der Waals surface area contributed by atoms with Crippen LogP contribution in [0.3, 0.4) is 0 Å². The monoisotopic (exact) mass is 320 g/mol. The molecule has 0 aliphatic rings. The Balaban J connectivity index is 1.53. The van der Waals surface area contributed by atoms with Gasteiger partial charge in [-0.3, -0.25) is 4.79 Å². The van der Waals surface area contributed by atoms with Gasteiger partial charge in [0.05, 0.1) is 20.1 Å². The number of amides is 1. The SMILES string of the molecule is COc1ccc(C#CCNC(=O)Cc2noc3ccccc23)cc1. The van der Waals surface area contributed by atoms with Gasteiger partial charge >= 0.3 is 0 Å². The number of para-hydroxylation sites is 1. The molecule has 0 saturated heterocycles. The maximum atomic E-state index is 12.0. The summed E-state index contributed by atoms with van der Waals surface area (Å²) in [4.78, 5) is 12.0. The summed E-state index contributed by atoms with van der Waals surface area (Å²) in [6.45, 7) is 0.278. The lowest BCUT2D eigenvalue weighted by Crippen LogP contribution is -2.25. The molecule has 0 aliphatic carbocycles. The molecule has 0 aliphatic heterocycles. The van der Waals surface area contributed by atoms with Gasteiger partial charge in [-0.25, -0.2) is 0 Å². The third kappa shape index (κ3) is 3.73. The van der Waals surface area contributed by atoms with Gasteiger partial charge in [-0.15, -0.1) is 0 Å². The fourth-order valence-electron chi connectivity index (χ4n) is 2.24. The molecule has 5 nitrogen and oxygen atoms in total. The predicted octanol–water partition coefficient (Wildman–Crippen LogP) is 2.55. The molecule has 1 heterocycles. The molecule has 0 radical (unpaired) electrons. The highest BCUT2D eigenvalue weighted by molar-refractivity contribution is 5.86. The van der Waals surface area contributed by atoms with E-state index in [9.17, 15) is 4.79 Å². The van der Waals surface area contributed by atoms with Crippen LogP contribution in [0, 0.1) is 11.8 Å². The molecule has 24 heavy (non-hydrogen) atoms. The van der Waals surface area contributed by atoms with Crippen molar-refractivity contribution in [2.45, 2.75) is 6.42 Å². The highest BCUT2D eigenvalue weighted by Crippen LogP contribution is 2.17. The minimum absolute atomic E-state index is 0.141. The topological polar surface area (TPSA) is 64.4 Å². The van der Waals surface area contributed by atoms with Crippen molar-refractivity contribution in [1.29, 1.82) is 0 Å². The Morgan fingerprint density at radius 3 is 2.79 bits per heavy atom. The molecule has 3 rings (SSSR count). The smallest absolute Gasteiger partial charge is 0.226 e. The molecule has 0 atom stereocenters. The number of benzene rings is 2. The number of carbonyl (C=O) groups excluding carboxylic acids is 1. The molecule has 1 amide bonds. The van der Waals surface area contributed by atoms with Crippen molar-refractivity contribution in [2.75, 3.05) is 13.7 Å². The number of hydrogen-bond acceptors (Lipinski definition) is 4. The number of ether oxygens (including phenoxy) is 1. The fraction of sp³-hybridized carbons (Fsp3) is 0.158. The molecule has 5 heteroatoms. The predicted molar refractivity (Wildman–Crippen MR) is 90.6 cm³/mol. The summed E-state index contributed by atoms with van der Waals surface area (Å²) >= 11 is 0. The Labute approximate surface area is 139 Å². The number of aromatic nitrogens is 1. The summed E-state index contributed by atoms with van der Waals surface area (Å²) in [7, 11) is 1.62. The second-order valence-electron chi connectivity index (χ2n) is 5.11. The highest BCUT2D eigenvalue weighted by atomic mass is 16.5. The van der Waals surface area contributed by atoms with E-state index in [1.165, 1.54) is 0 Å². The van der Waals surface area contributed by atoms with Crippen molar-refractivity contribution in [2.24, 2.45) is 0 Å². The number of hydrogen-bond donors (Lipinski definition) is 1. The number of fused-ring (bicyclic) bond motifs is 1. The van der Waals surface area contributed by atoms with Crippen LogP contribution in [0.2, 0.25) is 0 Å². The quantitative estimate of drug-likeness (QED) is 0.750. The zero-order chi connectivity index (χ0) is 16.8. The normalized spacial score (nSPS) is 10.0. The van der Waals surface area contributed by atoms with Gasteiger partial charge in [-0.1, -0.05) is 29.1 Å². The third-order valence-corrected chi connectivity index (χ3v) is 3.48. The molecule has 3 aromatic rings. The minimum Gasteiger partial charge on any atom is -0.497 e. The highest BCUT2D eigenvalue weighted by Gasteiger charge is 2.11. The Morgan fingerprint density at radius 2 is 2.00 bits per heavy atom. The van der Waals surface area contributed by atoms with Gasteiger partial charge in [0.2, 0.25) is 5.91 Å². The third-order valence-electron chi connectivity index (χ3n) is 3.48. The number of nitrogens with one attached hydrogen (secondary N) is 1. The standard InChI is InChI=1S/C19H16N2O3/c1-23-15-10-8-14(9-11-15)5-4-12-20-19(22)13-17-16-6-2-3-7-18(16)24-21-17/h2-3,6-11H,12-13H2,1H3,(H,20,22). The van der Waals surface area contributed by atoms with E-state index in [1.54, 1.807) is 7.11 Å². The van der Waals surface area contributed by atoms with Crippen molar-refractivity contribution in [1.82, 2.24) is 10.5 Å². The Morgan fingerprint density at radius 1 is 1.21 bits per heavy atom.